The molecule has 6 heteroatoms. The molecular weight excluding hydrogens is 429 g/mol. The van der Waals surface area contributed by atoms with E-state index in [0.717, 1.165) is 31.6 Å². The zero-order valence-electron chi connectivity index (χ0n) is 21.4. The molecule has 2 aliphatic rings. The van der Waals surface area contributed by atoms with Crippen molar-refractivity contribution in [2.24, 2.45) is 17.8 Å². The Balaban J connectivity index is 1.47. The number of anilines is 1. The van der Waals surface area contributed by atoms with Crippen molar-refractivity contribution >= 4 is 17.5 Å². The van der Waals surface area contributed by atoms with Gasteiger partial charge in [-0.05, 0) is 49.7 Å². The van der Waals surface area contributed by atoms with Gasteiger partial charge in [-0.2, -0.15) is 0 Å². The maximum atomic E-state index is 14.1. The molecule has 1 atom stereocenters. The fourth-order valence-corrected chi connectivity index (χ4v) is 5.43. The van der Waals surface area contributed by atoms with E-state index in [-0.39, 0.29) is 29.5 Å². The number of unbranched alkanes of at least 4 members (excludes halogenated alkanes) is 3. The van der Waals surface area contributed by atoms with Crippen LogP contribution in [-0.2, 0) is 9.59 Å². The second-order valence-corrected chi connectivity index (χ2v) is 10.6. The van der Waals surface area contributed by atoms with E-state index < -0.39 is 6.04 Å². The van der Waals surface area contributed by atoms with E-state index in [2.05, 4.69) is 12.2 Å². The van der Waals surface area contributed by atoms with Crippen molar-refractivity contribution in [1.82, 2.24) is 10.2 Å². The van der Waals surface area contributed by atoms with Gasteiger partial charge in [0.2, 0.25) is 11.8 Å². The van der Waals surface area contributed by atoms with Crippen LogP contribution in [0.5, 0.6) is 0 Å². The molecule has 1 aromatic rings. The van der Waals surface area contributed by atoms with E-state index in [1.807, 2.05) is 29.7 Å². The minimum absolute atomic E-state index is 0.0128. The summed E-state index contributed by atoms with van der Waals surface area (Å²) in [7, 11) is 0. The van der Waals surface area contributed by atoms with Crippen LogP contribution in [0.4, 0.5) is 10.1 Å². The molecule has 1 aromatic carbocycles. The van der Waals surface area contributed by atoms with Gasteiger partial charge in [0, 0.05) is 32.1 Å². The minimum Gasteiger partial charge on any atom is -0.366 e. The molecule has 2 amide bonds. The normalized spacial score (nSPS) is 22.0. The Morgan fingerprint density at radius 2 is 1.68 bits per heavy atom. The lowest BCUT2D eigenvalue weighted by molar-refractivity contribution is -0.139. The van der Waals surface area contributed by atoms with Crippen molar-refractivity contribution < 1.29 is 14.0 Å². The van der Waals surface area contributed by atoms with Crippen LogP contribution in [0.15, 0.2) is 24.3 Å². The molecule has 0 bridgehead atoms. The van der Waals surface area contributed by atoms with Crippen LogP contribution >= 0.6 is 0 Å². The molecule has 2 fully saturated rings. The fraction of sp³-hybridized carbons (Fsp3) is 0.714. The average molecular weight is 474 g/mol. The number of amides is 2. The Bertz CT molecular complexity index is 784. The highest BCUT2D eigenvalue weighted by molar-refractivity contribution is 5.89. The second kappa shape index (κ2) is 13.1. The van der Waals surface area contributed by atoms with Crippen LogP contribution in [0.3, 0.4) is 0 Å². The fourth-order valence-electron chi connectivity index (χ4n) is 5.43. The Morgan fingerprint density at radius 1 is 1.00 bits per heavy atom. The van der Waals surface area contributed by atoms with Crippen LogP contribution in [0.1, 0.15) is 78.6 Å². The average Bonchev–Trinajstić information content (AvgIpc) is 2.85. The molecule has 0 spiro atoms. The summed E-state index contributed by atoms with van der Waals surface area (Å²) in [6, 6.07) is 6.27. The number of nitrogens with zero attached hydrogens (tertiary/aromatic N) is 2. The van der Waals surface area contributed by atoms with Gasteiger partial charge in [-0.15, -0.1) is 0 Å². The molecule has 3 rings (SSSR count). The van der Waals surface area contributed by atoms with Crippen LogP contribution in [0, 0.1) is 23.6 Å². The highest BCUT2D eigenvalue weighted by atomic mass is 19.1. The number of carbonyl (C=O) groups excluding carboxylic acids is 2. The number of carbonyl (C=O) groups is 2. The van der Waals surface area contributed by atoms with E-state index in [1.54, 1.807) is 12.1 Å². The highest BCUT2D eigenvalue weighted by Crippen LogP contribution is 2.32. The first-order valence-electron chi connectivity index (χ1n) is 13.5. The molecule has 5 nitrogen and oxygen atoms in total. The molecular formula is C28H44FN3O2. The molecule has 1 heterocycles. The standard InChI is InChI=1S/C28H44FN3O2/c1-4-5-6-7-10-22-13-15-23(16-14-22)27(33)30-26(21(2)3)28(34)32-19-17-31(18-20-32)25-12-9-8-11-24(25)29/h8-9,11-12,21-23,26H,4-7,10,13-20H2,1-3H3,(H,30,33)/t22?,23?,26-/m1/s1. The first-order valence-corrected chi connectivity index (χ1v) is 13.5. The topological polar surface area (TPSA) is 52.7 Å². The lowest BCUT2D eigenvalue weighted by atomic mass is 9.79. The highest BCUT2D eigenvalue weighted by Gasteiger charge is 2.34. The molecule has 0 aromatic heterocycles. The third-order valence-corrected chi connectivity index (χ3v) is 7.70. The van der Waals surface area contributed by atoms with Gasteiger partial charge < -0.3 is 15.1 Å². The van der Waals surface area contributed by atoms with Crippen molar-refractivity contribution in [1.29, 1.82) is 0 Å². The Morgan fingerprint density at radius 3 is 2.29 bits per heavy atom. The predicted octanol–water partition coefficient (Wildman–Crippen LogP) is 5.39. The van der Waals surface area contributed by atoms with Gasteiger partial charge in [-0.3, -0.25) is 9.59 Å². The number of piperazine rings is 1. The number of halogens is 1. The summed E-state index contributed by atoms with van der Waals surface area (Å²) in [6.45, 7) is 8.48. The van der Waals surface area contributed by atoms with Gasteiger partial charge in [0.1, 0.15) is 11.9 Å². The van der Waals surface area contributed by atoms with Crippen LogP contribution in [-0.4, -0.2) is 48.9 Å². The third-order valence-electron chi connectivity index (χ3n) is 7.70. The number of nitrogens with one attached hydrogen (secondary N) is 1. The first kappa shape index (κ1) is 26.5. The van der Waals surface area contributed by atoms with E-state index in [0.29, 0.717) is 31.9 Å². The predicted molar refractivity (Wildman–Crippen MR) is 136 cm³/mol. The van der Waals surface area contributed by atoms with Crippen molar-refractivity contribution in [3.8, 4) is 0 Å². The smallest absolute Gasteiger partial charge is 0.245 e. The molecule has 34 heavy (non-hydrogen) atoms. The Kier molecular flexibility index (Phi) is 10.2. The van der Waals surface area contributed by atoms with Crippen LogP contribution in [0.25, 0.3) is 0 Å². The van der Waals surface area contributed by atoms with Gasteiger partial charge in [0.15, 0.2) is 0 Å². The zero-order chi connectivity index (χ0) is 24.5. The monoisotopic (exact) mass is 473 g/mol. The van der Waals surface area contributed by atoms with Crippen molar-refractivity contribution in [2.75, 3.05) is 31.1 Å². The third kappa shape index (κ3) is 7.19. The van der Waals surface area contributed by atoms with Gasteiger partial charge >= 0.3 is 0 Å². The maximum Gasteiger partial charge on any atom is 0.245 e. The summed E-state index contributed by atoms with van der Waals surface area (Å²) in [4.78, 5) is 30.2. The van der Waals surface area contributed by atoms with E-state index in [9.17, 15) is 14.0 Å². The number of para-hydroxylation sites is 1. The van der Waals surface area contributed by atoms with Crippen molar-refractivity contribution in [3.05, 3.63) is 30.1 Å². The molecule has 1 saturated carbocycles. The number of benzene rings is 1. The molecule has 190 valence electrons. The largest absolute Gasteiger partial charge is 0.366 e. The summed E-state index contributed by atoms with van der Waals surface area (Å²) in [5.41, 5.74) is 0.587. The summed E-state index contributed by atoms with van der Waals surface area (Å²) in [5.74, 6) is 0.608. The summed E-state index contributed by atoms with van der Waals surface area (Å²) < 4.78 is 14.1. The number of rotatable bonds is 10. The van der Waals surface area contributed by atoms with E-state index >= 15 is 0 Å². The minimum atomic E-state index is -0.501. The van der Waals surface area contributed by atoms with Crippen molar-refractivity contribution in [2.45, 2.75) is 84.6 Å². The van der Waals surface area contributed by atoms with Crippen LogP contribution < -0.4 is 10.2 Å². The first-order chi connectivity index (χ1) is 16.4. The summed E-state index contributed by atoms with van der Waals surface area (Å²) in [6.07, 6.45) is 10.6. The number of hydrogen-bond donors (Lipinski definition) is 1. The molecule has 0 unspecified atom stereocenters. The van der Waals surface area contributed by atoms with Gasteiger partial charge in [0.25, 0.3) is 0 Å². The molecule has 0 radical (unpaired) electrons. The number of hydrogen-bond acceptors (Lipinski definition) is 3. The van der Waals surface area contributed by atoms with E-state index in [1.165, 1.54) is 38.2 Å². The maximum absolute atomic E-state index is 14.1. The molecule has 1 saturated heterocycles. The molecule has 1 aliphatic heterocycles. The van der Waals surface area contributed by atoms with Crippen molar-refractivity contribution in [3.63, 3.8) is 0 Å². The molecule has 1 N–H and O–H groups in total. The lowest BCUT2D eigenvalue weighted by Gasteiger charge is -2.38. The van der Waals surface area contributed by atoms with Gasteiger partial charge in [-0.25, -0.2) is 4.39 Å². The SMILES string of the molecule is CCCCCCC1CCC(C(=O)N[C@@H](C(=O)N2CCN(c3ccccc3F)CC2)C(C)C)CC1. The summed E-state index contributed by atoms with van der Waals surface area (Å²) in [5, 5.41) is 3.11. The summed E-state index contributed by atoms with van der Waals surface area (Å²) >= 11 is 0. The van der Waals surface area contributed by atoms with Crippen LogP contribution in [0.2, 0.25) is 0 Å². The Hall–Kier alpha value is -2.11. The van der Waals surface area contributed by atoms with Gasteiger partial charge in [-0.1, -0.05) is 65.0 Å². The lowest BCUT2D eigenvalue weighted by Crippen LogP contribution is -2.57. The molecule has 1 aliphatic carbocycles. The van der Waals surface area contributed by atoms with Gasteiger partial charge in [0.05, 0.1) is 5.69 Å². The Labute approximate surface area is 205 Å². The quantitative estimate of drug-likeness (QED) is 0.464. The van der Waals surface area contributed by atoms with E-state index in [4.69, 9.17) is 0 Å². The second-order valence-electron chi connectivity index (χ2n) is 10.6. The zero-order valence-corrected chi connectivity index (χ0v) is 21.4.